The van der Waals surface area contributed by atoms with Crippen molar-refractivity contribution in [3.05, 3.63) is 56.2 Å². The number of hydrogen-bond donors (Lipinski definition) is 0. The number of rotatable bonds is 1. The van der Waals surface area contributed by atoms with Gasteiger partial charge in [-0.15, -0.1) is 0 Å². The van der Waals surface area contributed by atoms with Crippen molar-refractivity contribution in [3.63, 3.8) is 0 Å². The Balaban J connectivity index is 2.74. The SMILES string of the molecule is Cc1cc(-n2ncc(C)c(C)c2=O)c(F)cc1Cl. The summed E-state index contributed by atoms with van der Waals surface area (Å²) >= 11 is 5.82. The van der Waals surface area contributed by atoms with Crippen LogP contribution in [0.5, 0.6) is 0 Å². The normalized spacial score (nSPS) is 10.7. The van der Waals surface area contributed by atoms with Crippen molar-refractivity contribution in [2.45, 2.75) is 20.8 Å². The van der Waals surface area contributed by atoms with Crippen LogP contribution in [0.1, 0.15) is 16.7 Å². The largest absolute Gasteiger partial charge is 0.274 e. The van der Waals surface area contributed by atoms with Crippen molar-refractivity contribution < 1.29 is 4.39 Å². The Kier molecular flexibility index (Phi) is 3.22. The van der Waals surface area contributed by atoms with Gasteiger partial charge >= 0.3 is 0 Å². The summed E-state index contributed by atoms with van der Waals surface area (Å²) in [5.41, 5.74) is 1.82. The van der Waals surface area contributed by atoms with Gasteiger partial charge in [-0.05, 0) is 44.0 Å². The van der Waals surface area contributed by atoms with Crippen molar-refractivity contribution in [1.29, 1.82) is 0 Å². The molecular formula is C13H12ClFN2O. The van der Waals surface area contributed by atoms with Crippen LogP contribution >= 0.6 is 11.6 Å². The molecule has 0 amide bonds. The molecule has 0 aliphatic carbocycles. The monoisotopic (exact) mass is 266 g/mol. The van der Waals surface area contributed by atoms with Crippen LogP contribution in [-0.4, -0.2) is 9.78 Å². The molecule has 1 heterocycles. The van der Waals surface area contributed by atoms with Gasteiger partial charge in [0.25, 0.3) is 5.56 Å². The number of hydrogen-bond acceptors (Lipinski definition) is 2. The van der Waals surface area contributed by atoms with Gasteiger partial charge in [-0.25, -0.2) is 4.39 Å². The van der Waals surface area contributed by atoms with Crippen LogP contribution in [0.3, 0.4) is 0 Å². The molecule has 2 aromatic rings. The van der Waals surface area contributed by atoms with E-state index in [9.17, 15) is 9.18 Å². The second kappa shape index (κ2) is 4.53. The van der Waals surface area contributed by atoms with E-state index >= 15 is 0 Å². The molecule has 0 saturated carbocycles. The van der Waals surface area contributed by atoms with Gasteiger partial charge < -0.3 is 0 Å². The summed E-state index contributed by atoms with van der Waals surface area (Å²) in [6.07, 6.45) is 1.54. The van der Waals surface area contributed by atoms with Gasteiger partial charge in [-0.1, -0.05) is 11.6 Å². The smallest absolute Gasteiger partial charge is 0.267 e. The maximum Gasteiger partial charge on any atom is 0.274 e. The highest BCUT2D eigenvalue weighted by molar-refractivity contribution is 6.31. The summed E-state index contributed by atoms with van der Waals surface area (Å²) in [5, 5.41) is 4.29. The zero-order valence-corrected chi connectivity index (χ0v) is 11.0. The number of aromatic nitrogens is 2. The van der Waals surface area contributed by atoms with E-state index in [0.717, 1.165) is 10.2 Å². The molecular weight excluding hydrogens is 255 g/mol. The van der Waals surface area contributed by atoms with Gasteiger partial charge in [-0.3, -0.25) is 4.79 Å². The second-order valence-electron chi connectivity index (χ2n) is 4.22. The molecule has 0 atom stereocenters. The van der Waals surface area contributed by atoms with Crippen molar-refractivity contribution >= 4 is 11.6 Å². The average molecular weight is 267 g/mol. The van der Waals surface area contributed by atoms with Crippen LogP contribution in [0.2, 0.25) is 5.02 Å². The summed E-state index contributed by atoms with van der Waals surface area (Å²) in [4.78, 5) is 12.0. The van der Waals surface area contributed by atoms with Crippen molar-refractivity contribution in [2.75, 3.05) is 0 Å². The third-order valence-corrected chi connectivity index (χ3v) is 3.33. The Morgan fingerprint density at radius 3 is 2.56 bits per heavy atom. The van der Waals surface area contributed by atoms with E-state index < -0.39 is 5.82 Å². The van der Waals surface area contributed by atoms with Gasteiger partial charge in [0, 0.05) is 10.6 Å². The fourth-order valence-corrected chi connectivity index (χ4v) is 1.75. The summed E-state index contributed by atoms with van der Waals surface area (Å²) in [7, 11) is 0. The molecule has 0 unspecified atom stereocenters. The lowest BCUT2D eigenvalue weighted by molar-refractivity contribution is 0.603. The van der Waals surface area contributed by atoms with E-state index in [2.05, 4.69) is 5.10 Å². The molecule has 5 heteroatoms. The molecule has 0 aliphatic heterocycles. The minimum absolute atomic E-state index is 0.116. The molecule has 94 valence electrons. The first-order valence-electron chi connectivity index (χ1n) is 5.43. The molecule has 0 radical (unpaired) electrons. The quantitative estimate of drug-likeness (QED) is 0.795. The predicted octanol–water partition coefficient (Wildman–Crippen LogP) is 2.95. The van der Waals surface area contributed by atoms with Crippen molar-refractivity contribution in [2.24, 2.45) is 0 Å². The first-order valence-corrected chi connectivity index (χ1v) is 5.81. The minimum Gasteiger partial charge on any atom is -0.267 e. The molecule has 1 aromatic heterocycles. The van der Waals surface area contributed by atoms with E-state index in [4.69, 9.17) is 11.6 Å². The van der Waals surface area contributed by atoms with Gasteiger partial charge in [0.1, 0.15) is 5.69 Å². The number of halogens is 2. The number of aryl methyl sites for hydroxylation is 2. The van der Waals surface area contributed by atoms with E-state index in [1.807, 2.05) is 0 Å². The van der Waals surface area contributed by atoms with Gasteiger partial charge in [0.05, 0.1) is 6.20 Å². The molecule has 0 bridgehead atoms. The van der Waals surface area contributed by atoms with Crippen LogP contribution in [-0.2, 0) is 0 Å². The zero-order valence-electron chi connectivity index (χ0n) is 10.3. The lowest BCUT2D eigenvalue weighted by Crippen LogP contribution is -2.24. The summed E-state index contributed by atoms with van der Waals surface area (Å²) in [5.74, 6) is -0.566. The lowest BCUT2D eigenvalue weighted by Gasteiger charge is -2.09. The Morgan fingerprint density at radius 2 is 1.89 bits per heavy atom. The molecule has 0 spiro atoms. The fourth-order valence-electron chi connectivity index (χ4n) is 1.60. The highest BCUT2D eigenvalue weighted by atomic mass is 35.5. The molecule has 0 N–H and O–H groups in total. The van der Waals surface area contributed by atoms with Crippen LogP contribution in [0.15, 0.2) is 23.1 Å². The Bertz CT molecular complexity index is 679. The summed E-state index contributed by atoms with van der Waals surface area (Å²) in [6, 6.07) is 2.70. The maximum absolute atomic E-state index is 13.8. The van der Waals surface area contributed by atoms with Crippen LogP contribution in [0, 0.1) is 26.6 Å². The van der Waals surface area contributed by atoms with Gasteiger partial charge in [-0.2, -0.15) is 9.78 Å². The average Bonchev–Trinajstić information content (AvgIpc) is 2.32. The Morgan fingerprint density at radius 1 is 1.22 bits per heavy atom. The van der Waals surface area contributed by atoms with Crippen LogP contribution < -0.4 is 5.56 Å². The van der Waals surface area contributed by atoms with E-state index in [-0.39, 0.29) is 11.2 Å². The van der Waals surface area contributed by atoms with E-state index in [0.29, 0.717) is 16.1 Å². The van der Waals surface area contributed by atoms with Crippen LogP contribution in [0.25, 0.3) is 5.69 Å². The standard InChI is InChI=1S/C13H12ClFN2O/c1-7-4-12(11(15)5-10(7)14)17-13(18)9(3)8(2)6-16-17/h4-6H,1-3H3. The molecule has 3 nitrogen and oxygen atoms in total. The molecule has 0 aliphatic rings. The first kappa shape index (κ1) is 12.8. The minimum atomic E-state index is -0.566. The summed E-state index contributed by atoms with van der Waals surface area (Å²) < 4.78 is 14.9. The number of benzene rings is 1. The van der Waals surface area contributed by atoms with Gasteiger partial charge in [0.2, 0.25) is 0 Å². The van der Waals surface area contributed by atoms with Crippen LogP contribution in [0.4, 0.5) is 4.39 Å². The number of nitrogens with zero attached hydrogens (tertiary/aromatic N) is 2. The maximum atomic E-state index is 13.8. The Labute approximate surface area is 109 Å². The topological polar surface area (TPSA) is 34.9 Å². The molecule has 2 rings (SSSR count). The van der Waals surface area contributed by atoms with Crippen molar-refractivity contribution in [3.8, 4) is 5.69 Å². The highest BCUT2D eigenvalue weighted by Crippen LogP contribution is 2.21. The van der Waals surface area contributed by atoms with E-state index in [1.54, 1.807) is 27.0 Å². The first-order chi connectivity index (χ1) is 8.41. The molecule has 0 saturated heterocycles. The third-order valence-electron chi connectivity index (χ3n) is 2.93. The predicted molar refractivity (Wildman–Crippen MR) is 69.0 cm³/mol. The van der Waals surface area contributed by atoms with E-state index in [1.165, 1.54) is 12.1 Å². The summed E-state index contributed by atoms with van der Waals surface area (Å²) in [6.45, 7) is 5.23. The van der Waals surface area contributed by atoms with Gasteiger partial charge in [0.15, 0.2) is 5.82 Å². The lowest BCUT2D eigenvalue weighted by atomic mass is 10.2. The highest BCUT2D eigenvalue weighted by Gasteiger charge is 2.12. The third kappa shape index (κ3) is 2.04. The zero-order chi connectivity index (χ0) is 13.4. The molecule has 0 fully saturated rings. The Hall–Kier alpha value is -1.68. The van der Waals surface area contributed by atoms with Crippen molar-refractivity contribution in [1.82, 2.24) is 9.78 Å². The molecule has 1 aromatic carbocycles. The fraction of sp³-hybridized carbons (Fsp3) is 0.231. The molecule has 18 heavy (non-hydrogen) atoms. The second-order valence-corrected chi connectivity index (χ2v) is 4.63.